The average molecular weight is 288 g/mol. The highest BCUT2D eigenvalue weighted by Gasteiger charge is 2.07. The van der Waals surface area contributed by atoms with E-state index in [0.29, 0.717) is 20.8 Å². The van der Waals surface area contributed by atoms with Crippen molar-refractivity contribution in [2.75, 3.05) is 7.11 Å². The molecule has 0 saturated heterocycles. The van der Waals surface area contributed by atoms with Crippen LogP contribution in [0.15, 0.2) is 36.4 Å². The normalized spacial score (nSPS) is 10.4. The standard InChI is InChI=1S/C13H9Cl3O/c1-17-13-6-8(2-4-12(13)16)10-7-9(14)3-5-11(10)15/h2-7H,1H3. The Morgan fingerprint density at radius 3 is 2.29 bits per heavy atom. The fraction of sp³-hybridized carbons (Fsp3) is 0.0769. The van der Waals surface area contributed by atoms with Gasteiger partial charge in [0, 0.05) is 15.6 Å². The lowest BCUT2D eigenvalue weighted by Gasteiger charge is -2.08. The summed E-state index contributed by atoms with van der Waals surface area (Å²) in [6.45, 7) is 0. The van der Waals surface area contributed by atoms with E-state index in [4.69, 9.17) is 39.5 Å². The second-order valence-electron chi connectivity index (χ2n) is 3.47. The zero-order valence-electron chi connectivity index (χ0n) is 9.01. The minimum Gasteiger partial charge on any atom is -0.495 e. The minimum absolute atomic E-state index is 0.564. The zero-order chi connectivity index (χ0) is 12.4. The number of benzene rings is 2. The maximum Gasteiger partial charge on any atom is 0.138 e. The van der Waals surface area contributed by atoms with Crippen LogP contribution in [0.2, 0.25) is 15.1 Å². The first kappa shape index (κ1) is 12.6. The van der Waals surface area contributed by atoms with Gasteiger partial charge in [0.15, 0.2) is 0 Å². The molecule has 0 atom stereocenters. The molecular weight excluding hydrogens is 279 g/mol. The van der Waals surface area contributed by atoms with Crippen molar-refractivity contribution in [3.8, 4) is 16.9 Å². The first-order valence-electron chi connectivity index (χ1n) is 4.91. The van der Waals surface area contributed by atoms with Gasteiger partial charge in [-0.05, 0) is 35.9 Å². The van der Waals surface area contributed by atoms with E-state index in [2.05, 4.69) is 0 Å². The average Bonchev–Trinajstić information content (AvgIpc) is 2.33. The van der Waals surface area contributed by atoms with Gasteiger partial charge in [0.05, 0.1) is 12.1 Å². The van der Waals surface area contributed by atoms with Gasteiger partial charge in [-0.2, -0.15) is 0 Å². The van der Waals surface area contributed by atoms with Crippen LogP contribution < -0.4 is 4.74 Å². The minimum atomic E-state index is 0.564. The molecule has 0 amide bonds. The molecule has 0 unspecified atom stereocenters. The van der Waals surface area contributed by atoms with E-state index in [1.807, 2.05) is 18.2 Å². The van der Waals surface area contributed by atoms with Crippen LogP contribution in [-0.4, -0.2) is 7.11 Å². The van der Waals surface area contributed by atoms with Gasteiger partial charge < -0.3 is 4.74 Å². The molecule has 0 aliphatic rings. The predicted octanol–water partition coefficient (Wildman–Crippen LogP) is 5.32. The van der Waals surface area contributed by atoms with Crippen LogP contribution in [0, 0.1) is 0 Å². The Labute approximate surface area is 115 Å². The van der Waals surface area contributed by atoms with Crippen LogP contribution in [0.1, 0.15) is 0 Å². The zero-order valence-corrected chi connectivity index (χ0v) is 11.3. The fourth-order valence-corrected chi connectivity index (χ4v) is 2.14. The van der Waals surface area contributed by atoms with Crippen molar-refractivity contribution in [1.82, 2.24) is 0 Å². The number of hydrogen-bond acceptors (Lipinski definition) is 1. The van der Waals surface area contributed by atoms with Gasteiger partial charge >= 0.3 is 0 Å². The summed E-state index contributed by atoms with van der Waals surface area (Å²) in [6, 6.07) is 10.8. The molecule has 88 valence electrons. The van der Waals surface area contributed by atoms with E-state index in [9.17, 15) is 0 Å². The Morgan fingerprint density at radius 1 is 0.882 bits per heavy atom. The van der Waals surface area contributed by atoms with Gasteiger partial charge in [-0.1, -0.05) is 40.9 Å². The number of hydrogen-bond donors (Lipinski definition) is 0. The second kappa shape index (κ2) is 5.18. The van der Waals surface area contributed by atoms with Gasteiger partial charge in [-0.15, -0.1) is 0 Å². The van der Waals surface area contributed by atoms with Crippen LogP contribution in [0.5, 0.6) is 5.75 Å². The largest absolute Gasteiger partial charge is 0.495 e. The van der Waals surface area contributed by atoms with Crippen molar-refractivity contribution >= 4 is 34.8 Å². The van der Waals surface area contributed by atoms with Crippen molar-refractivity contribution in [3.63, 3.8) is 0 Å². The van der Waals surface area contributed by atoms with Crippen molar-refractivity contribution in [1.29, 1.82) is 0 Å². The molecule has 0 aliphatic carbocycles. The number of halogens is 3. The van der Waals surface area contributed by atoms with Crippen molar-refractivity contribution in [2.45, 2.75) is 0 Å². The highest BCUT2D eigenvalue weighted by atomic mass is 35.5. The van der Waals surface area contributed by atoms with Crippen LogP contribution in [0.25, 0.3) is 11.1 Å². The fourth-order valence-electron chi connectivity index (χ4n) is 1.55. The summed E-state index contributed by atoms with van der Waals surface area (Å²) in [6.07, 6.45) is 0. The molecule has 0 fully saturated rings. The van der Waals surface area contributed by atoms with Crippen LogP contribution >= 0.6 is 34.8 Å². The van der Waals surface area contributed by atoms with E-state index >= 15 is 0 Å². The van der Waals surface area contributed by atoms with E-state index in [1.165, 1.54) is 0 Å². The lowest BCUT2D eigenvalue weighted by atomic mass is 10.1. The van der Waals surface area contributed by atoms with Gasteiger partial charge in [-0.25, -0.2) is 0 Å². The van der Waals surface area contributed by atoms with Crippen molar-refractivity contribution in [3.05, 3.63) is 51.5 Å². The highest BCUT2D eigenvalue weighted by Crippen LogP contribution is 2.35. The Morgan fingerprint density at radius 2 is 1.59 bits per heavy atom. The molecule has 2 aromatic rings. The van der Waals surface area contributed by atoms with E-state index < -0.39 is 0 Å². The summed E-state index contributed by atoms with van der Waals surface area (Å²) in [5, 5.41) is 1.84. The molecule has 1 nitrogen and oxygen atoms in total. The Balaban J connectivity index is 2.56. The Hall–Kier alpha value is -0.890. The Bertz CT molecular complexity index is 552. The number of methoxy groups -OCH3 is 1. The number of ether oxygens (including phenoxy) is 1. The summed E-state index contributed by atoms with van der Waals surface area (Å²) >= 11 is 18.1. The molecule has 0 N–H and O–H groups in total. The van der Waals surface area contributed by atoms with Gasteiger partial charge in [0.25, 0.3) is 0 Å². The van der Waals surface area contributed by atoms with E-state index in [0.717, 1.165) is 11.1 Å². The molecular formula is C13H9Cl3O. The molecule has 4 heteroatoms. The van der Waals surface area contributed by atoms with Crippen molar-refractivity contribution in [2.24, 2.45) is 0 Å². The summed E-state index contributed by atoms with van der Waals surface area (Å²) < 4.78 is 5.17. The lowest BCUT2D eigenvalue weighted by Crippen LogP contribution is -1.86. The number of rotatable bonds is 2. The third kappa shape index (κ3) is 2.68. The van der Waals surface area contributed by atoms with E-state index in [-0.39, 0.29) is 0 Å². The smallest absolute Gasteiger partial charge is 0.138 e. The topological polar surface area (TPSA) is 9.23 Å². The quantitative estimate of drug-likeness (QED) is 0.726. The van der Waals surface area contributed by atoms with Gasteiger partial charge in [0.2, 0.25) is 0 Å². The van der Waals surface area contributed by atoms with Gasteiger partial charge in [0.1, 0.15) is 5.75 Å². The molecule has 17 heavy (non-hydrogen) atoms. The summed E-state index contributed by atoms with van der Waals surface area (Å²) in [5.41, 5.74) is 1.77. The molecule has 0 spiro atoms. The lowest BCUT2D eigenvalue weighted by molar-refractivity contribution is 0.415. The highest BCUT2D eigenvalue weighted by molar-refractivity contribution is 6.35. The predicted molar refractivity (Wildman–Crippen MR) is 73.5 cm³/mol. The van der Waals surface area contributed by atoms with Crippen LogP contribution in [-0.2, 0) is 0 Å². The molecule has 0 bridgehead atoms. The van der Waals surface area contributed by atoms with E-state index in [1.54, 1.807) is 25.3 Å². The molecule has 0 aliphatic heterocycles. The van der Waals surface area contributed by atoms with Gasteiger partial charge in [-0.3, -0.25) is 0 Å². The summed E-state index contributed by atoms with van der Waals surface area (Å²) in [4.78, 5) is 0. The molecule has 2 rings (SSSR count). The molecule has 0 aromatic heterocycles. The third-order valence-electron chi connectivity index (χ3n) is 2.39. The maximum absolute atomic E-state index is 6.13. The molecule has 0 radical (unpaired) electrons. The first-order valence-corrected chi connectivity index (χ1v) is 6.04. The molecule has 0 heterocycles. The molecule has 0 saturated carbocycles. The SMILES string of the molecule is COc1cc(-c2cc(Cl)ccc2Cl)ccc1Cl. The van der Waals surface area contributed by atoms with Crippen molar-refractivity contribution < 1.29 is 4.74 Å². The monoisotopic (exact) mass is 286 g/mol. The Kier molecular flexibility index (Phi) is 3.82. The summed E-state index contributed by atoms with van der Waals surface area (Å²) in [7, 11) is 1.57. The van der Waals surface area contributed by atoms with Crippen LogP contribution in [0.4, 0.5) is 0 Å². The second-order valence-corrected chi connectivity index (χ2v) is 4.72. The summed E-state index contributed by atoms with van der Waals surface area (Å²) in [5.74, 6) is 0.611. The first-order chi connectivity index (χ1) is 8.11. The maximum atomic E-state index is 6.13. The third-order valence-corrected chi connectivity index (χ3v) is 3.27. The van der Waals surface area contributed by atoms with Crippen LogP contribution in [0.3, 0.4) is 0 Å². The molecule has 2 aromatic carbocycles.